The average Bonchev–Trinajstić information content (AvgIpc) is 1.94. The molecule has 0 radical (unpaired) electrons. The molecule has 3 N–H and O–H groups in total. The summed E-state index contributed by atoms with van der Waals surface area (Å²) in [7, 11) is 0. The third-order valence-electron chi connectivity index (χ3n) is 1.76. The molecule has 4 nitrogen and oxygen atoms in total. The lowest BCUT2D eigenvalue weighted by Crippen LogP contribution is -2.53. The predicted octanol–water partition coefficient (Wildman–Crippen LogP) is -0.761. The van der Waals surface area contributed by atoms with Crippen LogP contribution in [0.2, 0.25) is 0 Å². The third-order valence-corrected chi connectivity index (χ3v) is 1.76. The molecule has 1 aliphatic rings. The molecule has 1 heterocycles. The van der Waals surface area contributed by atoms with E-state index in [9.17, 15) is 4.79 Å². The van der Waals surface area contributed by atoms with Gasteiger partial charge < -0.3 is 15.8 Å². The van der Waals surface area contributed by atoms with Crippen LogP contribution in [0.4, 0.5) is 0 Å². The number of hydrogen-bond donors (Lipinski definition) is 2. The summed E-state index contributed by atoms with van der Waals surface area (Å²) in [6.07, 6.45) is 0.680. The van der Waals surface area contributed by atoms with Crippen LogP contribution < -0.4 is 11.1 Å². The highest BCUT2D eigenvalue weighted by Crippen LogP contribution is 1.99. The van der Waals surface area contributed by atoms with Crippen LogP contribution in [-0.4, -0.2) is 31.2 Å². The maximum Gasteiger partial charge on any atom is 0.237 e. The van der Waals surface area contributed by atoms with Crippen molar-refractivity contribution in [2.45, 2.75) is 25.4 Å². The predicted molar refractivity (Wildman–Crippen MR) is 41.0 cm³/mol. The average molecular weight is 158 g/mol. The molecular weight excluding hydrogens is 144 g/mol. The van der Waals surface area contributed by atoms with E-state index in [-0.39, 0.29) is 18.0 Å². The monoisotopic (exact) mass is 158 g/mol. The van der Waals surface area contributed by atoms with Crippen molar-refractivity contribution < 1.29 is 9.53 Å². The highest BCUT2D eigenvalue weighted by atomic mass is 16.5. The highest BCUT2D eigenvalue weighted by Gasteiger charge is 2.22. The van der Waals surface area contributed by atoms with Crippen LogP contribution in [0.15, 0.2) is 0 Å². The van der Waals surface area contributed by atoms with Crippen LogP contribution in [0, 0.1) is 0 Å². The number of rotatable bonds is 3. The fourth-order valence-corrected chi connectivity index (χ4v) is 0.813. The Balaban J connectivity index is 2.19. The van der Waals surface area contributed by atoms with Crippen molar-refractivity contribution in [2.75, 3.05) is 13.2 Å². The zero-order chi connectivity index (χ0) is 8.27. The normalized spacial score (nSPS) is 20.5. The minimum absolute atomic E-state index is 0.0687. The third kappa shape index (κ3) is 2.17. The molecule has 1 aliphatic heterocycles. The molecule has 1 atom stereocenters. The summed E-state index contributed by atoms with van der Waals surface area (Å²) < 4.78 is 4.89. The topological polar surface area (TPSA) is 64.4 Å². The molecule has 0 saturated carbocycles. The molecule has 0 bridgehead atoms. The second kappa shape index (κ2) is 3.69. The summed E-state index contributed by atoms with van der Waals surface area (Å²) in [5.41, 5.74) is 5.49. The van der Waals surface area contributed by atoms with E-state index < -0.39 is 0 Å². The highest BCUT2D eigenvalue weighted by molar-refractivity contribution is 5.81. The number of carbonyl (C=O) groups excluding carboxylic acids is 1. The zero-order valence-electron chi connectivity index (χ0n) is 6.67. The molecule has 4 heteroatoms. The zero-order valence-corrected chi connectivity index (χ0v) is 6.67. The number of nitrogens with one attached hydrogen (secondary N) is 1. The van der Waals surface area contributed by atoms with E-state index in [1.807, 2.05) is 6.92 Å². The van der Waals surface area contributed by atoms with Gasteiger partial charge in [0.05, 0.1) is 25.3 Å². The number of carbonyl (C=O) groups is 1. The maximum atomic E-state index is 11.1. The van der Waals surface area contributed by atoms with Gasteiger partial charge in [0.2, 0.25) is 5.91 Å². The molecule has 0 aromatic carbocycles. The minimum Gasteiger partial charge on any atom is -0.377 e. The van der Waals surface area contributed by atoms with Crippen molar-refractivity contribution in [3.8, 4) is 0 Å². The van der Waals surface area contributed by atoms with Gasteiger partial charge in [-0.15, -0.1) is 0 Å². The van der Waals surface area contributed by atoms with E-state index in [1.165, 1.54) is 0 Å². The molecule has 1 rings (SSSR count). The smallest absolute Gasteiger partial charge is 0.237 e. The number of hydrogen-bond acceptors (Lipinski definition) is 3. The summed E-state index contributed by atoms with van der Waals surface area (Å²) in [6.45, 7) is 3.14. The summed E-state index contributed by atoms with van der Waals surface area (Å²) in [5.74, 6) is -0.0687. The van der Waals surface area contributed by atoms with Crippen molar-refractivity contribution in [3.63, 3.8) is 0 Å². The number of nitrogens with two attached hydrogens (primary N) is 1. The molecule has 0 aromatic heterocycles. The van der Waals surface area contributed by atoms with E-state index in [1.54, 1.807) is 0 Å². The van der Waals surface area contributed by atoms with Crippen molar-refractivity contribution in [1.82, 2.24) is 5.32 Å². The van der Waals surface area contributed by atoms with E-state index in [2.05, 4.69) is 5.32 Å². The first-order chi connectivity index (χ1) is 5.24. The van der Waals surface area contributed by atoms with Gasteiger partial charge in [-0.1, -0.05) is 6.92 Å². The Morgan fingerprint density at radius 1 is 1.82 bits per heavy atom. The van der Waals surface area contributed by atoms with E-state index in [4.69, 9.17) is 10.5 Å². The second-order valence-corrected chi connectivity index (χ2v) is 2.76. The molecule has 0 aromatic rings. The fraction of sp³-hybridized carbons (Fsp3) is 0.857. The summed E-state index contributed by atoms with van der Waals surface area (Å²) in [6, 6.07) is -0.171. The molecule has 1 amide bonds. The minimum atomic E-state index is -0.365. The number of amides is 1. The van der Waals surface area contributed by atoms with Gasteiger partial charge in [-0.3, -0.25) is 4.79 Å². The van der Waals surface area contributed by atoms with Crippen molar-refractivity contribution >= 4 is 5.91 Å². The Morgan fingerprint density at radius 3 is 2.82 bits per heavy atom. The van der Waals surface area contributed by atoms with Gasteiger partial charge in [0.15, 0.2) is 0 Å². The molecule has 0 aliphatic carbocycles. The Morgan fingerprint density at radius 2 is 2.45 bits per heavy atom. The Bertz CT molecular complexity index is 145. The lowest BCUT2D eigenvalue weighted by molar-refractivity contribution is -0.126. The lowest BCUT2D eigenvalue weighted by Gasteiger charge is -2.27. The van der Waals surface area contributed by atoms with Crippen molar-refractivity contribution in [2.24, 2.45) is 5.73 Å². The van der Waals surface area contributed by atoms with E-state index in [0.717, 1.165) is 0 Å². The van der Waals surface area contributed by atoms with Crippen LogP contribution in [0.5, 0.6) is 0 Å². The molecule has 1 unspecified atom stereocenters. The SMILES string of the molecule is CCC(N)C(=O)NC1COC1. The van der Waals surface area contributed by atoms with Crippen molar-refractivity contribution in [3.05, 3.63) is 0 Å². The molecule has 11 heavy (non-hydrogen) atoms. The van der Waals surface area contributed by atoms with Gasteiger partial charge in [-0.25, -0.2) is 0 Å². The Kier molecular flexibility index (Phi) is 2.84. The largest absolute Gasteiger partial charge is 0.377 e. The first-order valence-electron chi connectivity index (χ1n) is 3.87. The Labute approximate surface area is 66.1 Å². The fourth-order valence-electron chi connectivity index (χ4n) is 0.813. The molecule has 0 spiro atoms. The van der Waals surface area contributed by atoms with Gasteiger partial charge in [0, 0.05) is 0 Å². The first kappa shape index (κ1) is 8.49. The van der Waals surface area contributed by atoms with Crippen LogP contribution in [-0.2, 0) is 9.53 Å². The maximum absolute atomic E-state index is 11.1. The van der Waals surface area contributed by atoms with Crippen LogP contribution >= 0.6 is 0 Å². The van der Waals surface area contributed by atoms with E-state index >= 15 is 0 Å². The van der Waals surface area contributed by atoms with Crippen LogP contribution in [0.1, 0.15) is 13.3 Å². The lowest BCUT2D eigenvalue weighted by atomic mass is 10.2. The molecule has 1 saturated heterocycles. The van der Waals surface area contributed by atoms with Crippen LogP contribution in [0.3, 0.4) is 0 Å². The quantitative estimate of drug-likeness (QED) is 0.567. The van der Waals surface area contributed by atoms with Gasteiger partial charge >= 0.3 is 0 Å². The number of ether oxygens (including phenoxy) is 1. The first-order valence-corrected chi connectivity index (χ1v) is 3.87. The van der Waals surface area contributed by atoms with Gasteiger partial charge in [-0.2, -0.15) is 0 Å². The Hall–Kier alpha value is -0.610. The van der Waals surface area contributed by atoms with Crippen molar-refractivity contribution in [1.29, 1.82) is 0 Å². The van der Waals surface area contributed by atoms with Gasteiger partial charge in [0.25, 0.3) is 0 Å². The van der Waals surface area contributed by atoms with Gasteiger partial charge in [0.1, 0.15) is 0 Å². The van der Waals surface area contributed by atoms with E-state index in [0.29, 0.717) is 19.6 Å². The molecule has 1 fully saturated rings. The summed E-state index contributed by atoms with van der Waals surface area (Å²) in [4.78, 5) is 11.1. The van der Waals surface area contributed by atoms with Crippen LogP contribution in [0.25, 0.3) is 0 Å². The molecule has 64 valence electrons. The van der Waals surface area contributed by atoms with Gasteiger partial charge in [-0.05, 0) is 6.42 Å². The second-order valence-electron chi connectivity index (χ2n) is 2.76. The summed E-state index contributed by atoms with van der Waals surface area (Å²) >= 11 is 0. The summed E-state index contributed by atoms with van der Waals surface area (Å²) in [5, 5.41) is 2.78. The molecular formula is C7H14N2O2. The standard InChI is InChI=1S/C7H14N2O2/c1-2-6(8)7(10)9-5-3-11-4-5/h5-6H,2-4,8H2,1H3,(H,9,10).